The van der Waals surface area contributed by atoms with Crippen LogP contribution in [0.2, 0.25) is 0 Å². The van der Waals surface area contributed by atoms with Crippen molar-refractivity contribution in [3.8, 4) is 0 Å². The summed E-state index contributed by atoms with van der Waals surface area (Å²) in [4.78, 5) is 24.2. The van der Waals surface area contributed by atoms with Gasteiger partial charge in [-0.1, -0.05) is 25.1 Å². The van der Waals surface area contributed by atoms with Crippen LogP contribution in [-0.2, 0) is 19.6 Å². The molecule has 1 N–H and O–H groups in total. The summed E-state index contributed by atoms with van der Waals surface area (Å²) >= 11 is 0. The molecular weight excluding hydrogens is 368 g/mol. The third kappa shape index (κ3) is 5.07. The molecule has 0 aliphatic heterocycles. The minimum absolute atomic E-state index is 0.286. The van der Waals surface area contributed by atoms with E-state index in [1.54, 1.807) is 49.4 Å². The van der Waals surface area contributed by atoms with Crippen LogP contribution in [-0.4, -0.2) is 39.7 Å². The number of methoxy groups -OCH3 is 1. The molecular formula is C19H22N2O5S. The molecule has 0 bridgehead atoms. The summed E-state index contributed by atoms with van der Waals surface area (Å²) in [6.07, 6.45) is 1.36. The second-order valence-corrected chi connectivity index (χ2v) is 7.74. The lowest BCUT2D eigenvalue weighted by molar-refractivity contribution is -0.117. The Hall–Kier alpha value is -2.87. The normalized spacial score (nSPS) is 12.1. The highest BCUT2D eigenvalue weighted by Gasteiger charge is 2.31. The molecule has 2 rings (SSSR count). The summed E-state index contributed by atoms with van der Waals surface area (Å²) in [5.41, 5.74) is 1.22. The maximum Gasteiger partial charge on any atom is 0.337 e. The van der Waals surface area contributed by atoms with Crippen LogP contribution in [0, 0.1) is 0 Å². The first-order valence-corrected chi connectivity index (χ1v) is 10.2. The fraction of sp³-hybridized carbons (Fsp3) is 0.263. The summed E-state index contributed by atoms with van der Waals surface area (Å²) < 4.78 is 30.4. The number of para-hydroxylation sites is 1. The number of nitrogens with zero attached hydrogens (tertiary/aromatic N) is 1. The van der Waals surface area contributed by atoms with Crippen molar-refractivity contribution in [1.29, 1.82) is 0 Å². The number of amides is 1. The molecule has 0 aliphatic carbocycles. The number of benzene rings is 2. The maximum atomic E-state index is 12.8. The maximum absolute atomic E-state index is 12.8. The quantitative estimate of drug-likeness (QED) is 0.734. The van der Waals surface area contributed by atoms with Crippen LogP contribution in [0.15, 0.2) is 54.6 Å². The first-order chi connectivity index (χ1) is 12.8. The number of rotatable bonds is 7. The van der Waals surface area contributed by atoms with E-state index in [-0.39, 0.29) is 6.42 Å². The SMILES string of the molecule is CC[C@@H](C(=O)Nc1ccc(C(=O)OC)cc1)N(c1ccccc1)S(C)(=O)=O. The van der Waals surface area contributed by atoms with Crippen LogP contribution in [0.1, 0.15) is 23.7 Å². The summed E-state index contributed by atoms with van der Waals surface area (Å²) in [6.45, 7) is 1.74. The van der Waals surface area contributed by atoms with Gasteiger partial charge in [0.2, 0.25) is 15.9 Å². The minimum atomic E-state index is -3.68. The van der Waals surface area contributed by atoms with E-state index in [9.17, 15) is 18.0 Å². The van der Waals surface area contributed by atoms with Gasteiger partial charge in [0.05, 0.1) is 24.6 Å². The van der Waals surface area contributed by atoms with Crippen LogP contribution in [0.3, 0.4) is 0 Å². The average molecular weight is 390 g/mol. The highest BCUT2D eigenvalue weighted by atomic mass is 32.2. The molecule has 0 spiro atoms. The van der Waals surface area contributed by atoms with Gasteiger partial charge in [-0.2, -0.15) is 0 Å². The predicted molar refractivity (Wildman–Crippen MR) is 104 cm³/mol. The molecule has 2 aromatic rings. The van der Waals surface area contributed by atoms with Gasteiger partial charge in [0.25, 0.3) is 0 Å². The third-order valence-corrected chi connectivity index (χ3v) is 5.09. The second kappa shape index (κ2) is 8.68. The zero-order valence-electron chi connectivity index (χ0n) is 15.4. The number of carbonyl (C=O) groups excluding carboxylic acids is 2. The molecule has 0 heterocycles. The molecule has 1 amide bonds. The minimum Gasteiger partial charge on any atom is -0.465 e. The number of hydrogen-bond acceptors (Lipinski definition) is 5. The standard InChI is InChI=1S/C19H22N2O5S/c1-4-17(21(27(3,24)25)16-8-6-5-7-9-16)18(22)20-15-12-10-14(11-13-15)19(23)26-2/h5-13,17H,4H2,1-3H3,(H,20,22)/t17-/m0/s1. The van der Waals surface area contributed by atoms with Gasteiger partial charge >= 0.3 is 5.97 Å². The van der Waals surface area contributed by atoms with Gasteiger partial charge in [-0.05, 0) is 42.8 Å². The van der Waals surface area contributed by atoms with Crippen molar-refractivity contribution in [1.82, 2.24) is 0 Å². The summed E-state index contributed by atoms with van der Waals surface area (Å²) in [6, 6.07) is 13.7. The van der Waals surface area contributed by atoms with E-state index in [1.807, 2.05) is 0 Å². The molecule has 27 heavy (non-hydrogen) atoms. The van der Waals surface area contributed by atoms with Gasteiger partial charge in [0.15, 0.2) is 0 Å². The van der Waals surface area contributed by atoms with Gasteiger partial charge in [0.1, 0.15) is 6.04 Å². The molecule has 0 fully saturated rings. The Morgan fingerprint density at radius 3 is 2.15 bits per heavy atom. The van der Waals surface area contributed by atoms with Crippen molar-refractivity contribution in [2.45, 2.75) is 19.4 Å². The van der Waals surface area contributed by atoms with Gasteiger partial charge in [0, 0.05) is 5.69 Å². The molecule has 2 aromatic carbocycles. The molecule has 144 valence electrons. The number of carbonyl (C=O) groups is 2. The Morgan fingerprint density at radius 1 is 1.07 bits per heavy atom. The van der Waals surface area contributed by atoms with E-state index < -0.39 is 27.9 Å². The lowest BCUT2D eigenvalue weighted by Gasteiger charge is -2.30. The smallest absolute Gasteiger partial charge is 0.337 e. The third-order valence-electron chi connectivity index (χ3n) is 3.91. The van der Waals surface area contributed by atoms with E-state index in [0.29, 0.717) is 16.9 Å². The second-order valence-electron chi connectivity index (χ2n) is 5.88. The zero-order chi connectivity index (χ0) is 20.0. The zero-order valence-corrected chi connectivity index (χ0v) is 16.2. The molecule has 0 saturated carbocycles. The van der Waals surface area contributed by atoms with Crippen LogP contribution in [0.25, 0.3) is 0 Å². The first kappa shape index (κ1) is 20.4. The Morgan fingerprint density at radius 2 is 1.67 bits per heavy atom. The molecule has 8 heteroatoms. The monoisotopic (exact) mass is 390 g/mol. The van der Waals surface area contributed by atoms with Crippen molar-refractivity contribution >= 4 is 33.3 Å². The van der Waals surface area contributed by atoms with Gasteiger partial charge in [-0.25, -0.2) is 13.2 Å². The van der Waals surface area contributed by atoms with E-state index in [2.05, 4.69) is 10.1 Å². The first-order valence-electron chi connectivity index (χ1n) is 8.31. The lowest BCUT2D eigenvalue weighted by Crippen LogP contribution is -2.46. The molecule has 0 radical (unpaired) electrons. The average Bonchev–Trinajstić information content (AvgIpc) is 2.65. The highest BCUT2D eigenvalue weighted by Crippen LogP contribution is 2.23. The Bertz CT molecular complexity index is 895. The highest BCUT2D eigenvalue weighted by molar-refractivity contribution is 7.92. The summed E-state index contributed by atoms with van der Waals surface area (Å²) in [5, 5.41) is 2.70. The Kier molecular flexibility index (Phi) is 6.57. The van der Waals surface area contributed by atoms with Crippen LogP contribution >= 0.6 is 0 Å². The van der Waals surface area contributed by atoms with E-state index in [0.717, 1.165) is 10.6 Å². The van der Waals surface area contributed by atoms with E-state index in [1.165, 1.54) is 19.2 Å². The fourth-order valence-electron chi connectivity index (χ4n) is 2.67. The van der Waals surface area contributed by atoms with Crippen LogP contribution < -0.4 is 9.62 Å². The lowest BCUT2D eigenvalue weighted by atomic mass is 10.1. The molecule has 1 atom stereocenters. The van der Waals surface area contributed by atoms with E-state index >= 15 is 0 Å². The number of anilines is 2. The van der Waals surface area contributed by atoms with Crippen molar-refractivity contribution in [2.24, 2.45) is 0 Å². The van der Waals surface area contributed by atoms with Gasteiger partial charge in [-0.15, -0.1) is 0 Å². The van der Waals surface area contributed by atoms with Gasteiger partial charge < -0.3 is 10.1 Å². The van der Waals surface area contributed by atoms with E-state index in [4.69, 9.17) is 0 Å². The molecule has 0 aliphatic rings. The molecule has 7 nitrogen and oxygen atoms in total. The van der Waals surface area contributed by atoms with Gasteiger partial charge in [-0.3, -0.25) is 9.10 Å². The largest absolute Gasteiger partial charge is 0.465 e. The topological polar surface area (TPSA) is 92.8 Å². The molecule has 0 aromatic heterocycles. The number of nitrogens with one attached hydrogen (secondary N) is 1. The Balaban J connectivity index is 2.27. The number of sulfonamides is 1. The number of esters is 1. The molecule has 0 unspecified atom stereocenters. The molecule has 0 saturated heterocycles. The van der Waals surface area contributed by atoms with Crippen molar-refractivity contribution in [3.05, 3.63) is 60.2 Å². The van der Waals surface area contributed by atoms with Crippen LogP contribution in [0.5, 0.6) is 0 Å². The summed E-state index contributed by atoms with van der Waals surface area (Å²) in [5.74, 6) is -0.941. The summed E-state index contributed by atoms with van der Waals surface area (Å²) in [7, 11) is -2.39. The number of ether oxygens (including phenoxy) is 1. The van der Waals surface area contributed by atoms with Crippen LogP contribution in [0.4, 0.5) is 11.4 Å². The fourth-order valence-corrected chi connectivity index (χ4v) is 3.88. The van der Waals surface area contributed by atoms with Crippen molar-refractivity contribution in [2.75, 3.05) is 23.0 Å². The van der Waals surface area contributed by atoms with Crippen molar-refractivity contribution < 1.29 is 22.7 Å². The Labute approximate surface area is 159 Å². The predicted octanol–water partition coefficient (Wildman–Crippen LogP) is 2.66. The number of hydrogen-bond donors (Lipinski definition) is 1. The van der Waals surface area contributed by atoms with Crippen molar-refractivity contribution in [3.63, 3.8) is 0 Å².